The summed E-state index contributed by atoms with van der Waals surface area (Å²) in [5.74, 6) is 1.52. The Kier molecular flexibility index (Phi) is 4.20. The summed E-state index contributed by atoms with van der Waals surface area (Å²) in [7, 11) is 0. The highest BCUT2D eigenvalue weighted by Gasteiger charge is 2.29. The number of anilines is 2. The third-order valence-corrected chi connectivity index (χ3v) is 5.36. The predicted molar refractivity (Wildman–Crippen MR) is 85.1 cm³/mol. The van der Waals surface area contributed by atoms with E-state index in [4.69, 9.17) is 5.73 Å². The molecule has 0 aromatic heterocycles. The van der Waals surface area contributed by atoms with Crippen molar-refractivity contribution in [3.8, 4) is 0 Å². The van der Waals surface area contributed by atoms with Gasteiger partial charge in [0.2, 0.25) is 5.91 Å². The number of hydrogen-bond acceptors (Lipinski definition) is 3. The normalized spacial score (nSPS) is 20.3. The molecule has 1 fully saturated rings. The average molecular weight is 290 g/mol. The average Bonchev–Trinajstić information content (AvgIpc) is 2.75. The molecule has 1 heterocycles. The van der Waals surface area contributed by atoms with Crippen LogP contribution >= 0.6 is 11.8 Å². The van der Waals surface area contributed by atoms with Gasteiger partial charge in [0.25, 0.3) is 0 Å². The largest absolute Gasteiger partial charge is 0.399 e. The van der Waals surface area contributed by atoms with Crippen LogP contribution in [0.5, 0.6) is 0 Å². The lowest BCUT2D eigenvalue weighted by atomic mass is 9.98. The van der Waals surface area contributed by atoms with E-state index in [1.54, 1.807) is 0 Å². The number of thioether (sulfide) groups is 1. The molecule has 0 radical (unpaired) electrons. The van der Waals surface area contributed by atoms with Crippen LogP contribution in [-0.4, -0.2) is 18.2 Å². The fourth-order valence-electron chi connectivity index (χ4n) is 3.21. The van der Waals surface area contributed by atoms with Crippen LogP contribution in [0.4, 0.5) is 11.4 Å². The lowest BCUT2D eigenvalue weighted by molar-refractivity contribution is -0.122. The minimum atomic E-state index is 0.217. The quantitative estimate of drug-likeness (QED) is 0.634. The van der Waals surface area contributed by atoms with Crippen molar-refractivity contribution in [1.82, 2.24) is 0 Å². The minimum Gasteiger partial charge on any atom is -0.399 e. The first kappa shape index (κ1) is 13.8. The van der Waals surface area contributed by atoms with E-state index in [9.17, 15) is 4.79 Å². The van der Waals surface area contributed by atoms with Crippen molar-refractivity contribution in [2.45, 2.75) is 43.4 Å². The molecule has 3 nitrogen and oxygen atoms in total. The molecule has 1 aromatic carbocycles. The molecule has 1 aliphatic heterocycles. The van der Waals surface area contributed by atoms with E-state index in [0.717, 1.165) is 36.5 Å². The number of hydrogen-bond donors (Lipinski definition) is 1. The predicted octanol–water partition coefficient (Wildman–Crippen LogP) is 3.68. The van der Waals surface area contributed by atoms with E-state index < -0.39 is 0 Å². The number of carbonyl (C=O) groups is 1. The van der Waals surface area contributed by atoms with Crippen molar-refractivity contribution < 1.29 is 4.79 Å². The van der Waals surface area contributed by atoms with E-state index in [1.807, 2.05) is 34.9 Å². The van der Waals surface area contributed by atoms with Gasteiger partial charge in [-0.15, -0.1) is 11.8 Å². The zero-order chi connectivity index (χ0) is 13.9. The summed E-state index contributed by atoms with van der Waals surface area (Å²) in [5, 5.41) is 0. The first-order valence-electron chi connectivity index (χ1n) is 7.59. The number of nitrogens with zero attached hydrogens (tertiary/aromatic N) is 1. The molecular weight excluding hydrogens is 268 g/mol. The zero-order valence-electron chi connectivity index (χ0n) is 11.8. The number of nitrogens with two attached hydrogens (primary N) is 1. The molecule has 1 aliphatic carbocycles. The van der Waals surface area contributed by atoms with Gasteiger partial charge in [0.05, 0.1) is 5.69 Å². The first-order chi connectivity index (χ1) is 9.75. The highest BCUT2D eigenvalue weighted by Crippen LogP contribution is 2.37. The Morgan fingerprint density at radius 2 is 1.95 bits per heavy atom. The van der Waals surface area contributed by atoms with Gasteiger partial charge in [0.15, 0.2) is 0 Å². The Morgan fingerprint density at radius 1 is 1.20 bits per heavy atom. The summed E-state index contributed by atoms with van der Waals surface area (Å²) in [6, 6.07) is 5.92. The molecule has 0 saturated heterocycles. The Bertz CT molecular complexity index is 495. The minimum absolute atomic E-state index is 0.217. The van der Waals surface area contributed by atoms with Crippen molar-refractivity contribution >= 4 is 29.0 Å². The summed E-state index contributed by atoms with van der Waals surface area (Å²) < 4.78 is 0. The second kappa shape index (κ2) is 6.08. The van der Waals surface area contributed by atoms with Gasteiger partial charge in [-0.2, -0.15) is 0 Å². The van der Waals surface area contributed by atoms with Gasteiger partial charge >= 0.3 is 0 Å². The number of amides is 1. The standard InChI is InChI=1S/C16H22N2OS/c17-13-7-8-15-14(11-13)18(9-10-20-15)16(19)12-5-3-1-2-4-6-12/h7-8,11-12H,1-6,9-10,17H2. The van der Waals surface area contributed by atoms with Crippen LogP contribution in [0.25, 0.3) is 0 Å². The molecule has 2 aliphatic rings. The third-order valence-electron chi connectivity index (χ3n) is 4.32. The van der Waals surface area contributed by atoms with Crippen LogP contribution < -0.4 is 10.6 Å². The first-order valence-corrected chi connectivity index (χ1v) is 8.58. The van der Waals surface area contributed by atoms with E-state index in [-0.39, 0.29) is 5.92 Å². The SMILES string of the molecule is Nc1ccc2c(c1)N(C(=O)C1CCCCCC1)CCS2. The van der Waals surface area contributed by atoms with Crippen molar-refractivity contribution in [2.75, 3.05) is 22.9 Å². The molecule has 1 aromatic rings. The van der Waals surface area contributed by atoms with E-state index in [2.05, 4.69) is 0 Å². The van der Waals surface area contributed by atoms with E-state index in [1.165, 1.54) is 30.6 Å². The van der Waals surface area contributed by atoms with Crippen LogP contribution in [-0.2, 0) is 4.79 Å². The van der Waals surface area contributed by atoms with Gasteiger partial charge < -0.3 is 10.6 Å². The van der Waals surface area contributed by atoms with Gasteiger partial charge in [-0.25, -0.2) is 0 Å². The van der Waals surface area contributed by atoms with Gasteiger partial charge in [0, 0.05) is 28.8 Å². The fraction of sp³-hybridized carbons (Fsp3) is 0.562. The molecule has 20 heavy (non-hydrogen) atoms. The monoisotopic (exact) mass is 290 g/mol. The Morgan fingerprint density at radius 3 is 2.70 bits per heavy atom. The van der Waals surface area contributed by atoms with Crippen molar-refractivity contribution in [3.63, 3.8) is 0 Å². The van der Waals surface area contributed by atoms with Crippen molar-refractivity contribution in [1.29, 1.82) is 0 Å². The number of fused-ring (bicyclic) bond motifs is 1. The van der Waals surface area contributed by atoms with Crippen LogP contribution in [0.1, 0.15) is 38.5 Å². The molecule has 1 amide bonds. The van der Waals surface area contributed by atoms with E-state index in [0.29, 0.717) is 5.91 Å². The van der Waals surface area contributed by atoms with Crippen LogP contribution in [0.15, 0.2) is 23.1 Å². The molecule has 4 heteroatoms. The van der Waals surface area contributed by atoms with Crippen LogP contribution in [0, 0.1) is 5.92 Å². The summed E-state index contributed by atoms with van der Waals surface area (Å²) in [6.07, 6.45) is 7.07. The molecule has 0 unspecified atom stereocenters. The topological polar surface area (TPSA) is 46.3 Å². The maximum atomic E-state index is 12.9. The molecule has 0 bridgehead atoms. The fourth-order valence-corrected chi connectivity index (χ4v) is 4.19. The summed E-state index contributed by atoms with van der Waals surface area (Å²) in [6.45, 7) is 0.816. The lowest BCUT2D eigenvalue weighted by Crippen LogP contribution is -2.39. The van der Waals surface area contributed by atoms with Crippen LogP contribution in [0.3, 0.4) is 0 Å². The number of rotatable bonds is 1. The smallest absolute Gasteiger partial charge is 0.230 e. The summed E-state index contributed by atoms with van der Waals surface area (Å²) in [5.41, 5.74) is 7.66. The van der Waals surface area contributed by atoms with E-state index >= 15 is 0 Å². The summed E-state index contributed by atoms with van der Waals surface area (Å²) in [4.78, 5) is 16.0. The maximum absolute atomic E-state index is 12.9. The molecular formula is C16H22N2OS. The second-order valence-corrected chi connectivity index (χ2v) is 6.89. The van der Waals surface area contributed by atoms with Crippen LogP contribution in [0.2, 0.25) is 0 Å². The van der Waals surface area contributed by atoms with Gasteiger partial charge in [-0.3, -0.25) is 4.79 Å². The molecule has 0 atom stereocenters. The Balaban J connectivity index is 1.83. The Labute approximate surface area is 124 Å². The number of nitrogen functional groups attached to an aromatic ring is 1. The zero-order valence-corrected chi connectivity index (χ0v) is 12.6. The second-order valence-electron chi connectivity index (χ2n) is 5.75. The maximum Gasteiger partial charge on any atom is 0.230 e. The summed E-state index contributed by atoms with van der Waals surface area (Å²) >= 11 is 1.82. The highest BCUT2D eigenvalue weighted by atomic mass is 32.2. The molecule has 2 N–H and O–H groups in total. The molecule has 108 valence electrons. The van der Waals surface area contributed by atoms with Crippen molar-refractivity contribution in [3.05, 3.63) is 18.2 Å². The molecule has 3 rings (SSSR count). The number of carbonyl (C=O) groups excluding carboxylic acids is 1. The Hall–Kier alpha value is -1.16. The lowest BCUT2D eigenvalue weighted by Gasteiger charge is -2.32. The van der Waals surface area contributed by atoms with Gasteiger partial charge in [-0.1, -0.05) is 25.7 Å². The van der Waals surface area contributed by atoms with Gasteiger partial charge in [0.1, 0.15) is 0 Å². The molecule has 0 spiro atoms. The van der Waals surface area contributed by atoms with Gasteiger partial charge in [-0.05, 0) is 31.0 Å². The third kappa shape index (κ3) is 2.80. The van der Waals surface area contributed by atoms with Crippen molar-refractivity contribution in [2.24, 2.45) is 5.92 Å². The number of benzene rings is 1. The highest BCUT2D eigenvalue weighted by molar-refractivity contribution is 7.99. The molecule has 1 saturated carbocycles.